The molecule has 1 aromatic heterocycles. The third kappa shape index (κ3) is 7.21. The molecule has 10 rings (SSSR count). The summed E-state index contributed by atoms with van der Waals surface area (Å²) in [5.41, 5.74) is 16.1. The van der Waals surface area contributed by atoms with E-state index in [0.29, 0.717) is 23.0 Å². The topological polar surface area (TPSA) is 62.5 Å². The van der Waals surface area contributed by atoms with Crippen LogP contribution >= 0.6 is 0 Å². The van der Waals surface area contributed by atoms with Crippen LogP contribution in [0.15, 0.2) is 182 Å². The van der Waals surface area contributed by atoms with Gasteiger partial charge in [-0.2, -0.15) is 5.26 Å². The first-order valence-electron chi connectivity index (χ1n) is 21.0. The van der Waals surface area contributed by atoms with Gasteiger partial charge in [-0.1, -0.05) is 162 Å². The van der Waals surface area contributed by atoms with Gasteiger partial charge in [0, 0.05) is 22.3 Å². The van der Waals surface area contributed by atoms with Gasteiger partial charge in [0.05, 0.1) is 11.6 Å². The zero-order valence-corrected chi connectivity index (χ0v) is 35.1. The van der Waals surface area contributed by atoms with Crippen LogP contribution in [0.5, 0.6) is 0 Å². The minimum Gasteiger partial charge on any atom is -0.208 e. The standard InChI is InChI=1S/C58H42N4/c1-36-27-37(2)30-46(29-36)56-60-57(47-31-38(3)28-39(4)32-47)62-58(61-56)54-21-10-8-19-50(54)41-14-11-15-44(34-41)55-45(35-59)16-12-22-53(55)52-20-9-7-18-49(52)43-25-26-51-42(33-43)24-23-40-13-5-6-17-48(40)51/h5-34H,1-4H3. The van der Waals surface area contributed by atoms with E-state index >= 15 is 0 Å². The van der Waals surface area contributed by atoms with Gasteiger partial charge >= 0.3 is 0 Å². The molecule has 0 spiro atoms. The van der Waals surface area contributed by atoms with E-state index in [0.717, 1.165) is 83.5 Å². The van der Waals surface area contributed by atoms with E-state index in [-0.39, 0.29) is 0 Å². The number of hydrogen-bond acceptors (Lipinski definition) is 4. The molecule has 10 aromatic rings. The van der Waals surface area contributed by atoms with Crippen LogP contribution in [0.25, 0.3) is 100 Å². The van der Waals surface area contributed by atoms with Crippen LogP contribution in [0.2, 0.25) is 0 Å². The molecule has 0 unspecified atom stereocenters. The molecule has 62 heavy (non-hydrogen) atoms. The van der Waals surface area contributed by atoms with Gasteiger partial charge in [0.25, 0.3) is 0 Å². The molecule has 0 fully saturated rings. The average molecular weight is 795 g/mol. The van der Waals surface area contributed by atoms with Crippen LogP contribution in [0.4, 0.5) is 0 Å². The number of fused-ring (bicyclic) bond motifs is 3. The fourth-order valence-electron chi connectivity index (χ4n) is 9.07. The Hall–Kier alpha value is -8.00. The van der Waals surface area contributed by atoms with Crippen LogP contribution in [-0.2, 0) is 0 Å². The lowest BCUT2D eigenvalue weighted by Crippen LogP contribution is -2.02. The Bertz CT molecular complexity index is 3320. The molecule has 0 atom stereocenters. The van der Waals surface area contributed by atoms with E-state index in [1.54, 1.807) is 0 Å². The molecule has 4 nitrogen and oxygen atoms in total. The van der Waals surface area contributed by atoms with Gasteiger partial charge in [-0.25, -0.2) is 15.0 Å². The zero-order valence-electron chi connectivity index (χ0n) is 35.1. The molecule has 0 radical (unpaired) electrons. The molecule has 9 aromatic carbocycles. The van der Waals surface area contributed by atoms with Crippen LogP contribution in [0.1, 0.15) is 27.8 Å². The first-order chi connectivity index (χ1) is 30.3. The highest BCUT2D eigenvalue weighted by atomic mass is 15.0. The van der Waals surface area contributed by atoms with Crippen LogP contribution in [-0.4, -0.2) is 15.0 Å². The second-order valence-electron chi connectivity index (χ2n) is 16.3. The maximum absolute atomic E-state index is 10.7. The first-order valence-corrected chi connectivity index (χ1v) is 21.0. The van der Waals surface area contributed by atoms with Crippen molar-refractivity contribution in [3.8, 4) is 84.7 Å². The monoisotopic (exact) mass is 794 g/mol. The van der Waals surface area contributed by atoms with E-state index in [2.05, 4.69) is 198 Å². The normalized spacial score (nSPS) is 11.2. The van der Waals surface area contributed by atoms with Crippen molar-refractivity contribution in [2.24, 2.45) is 0 Å². The Balaban J connectivity index is 1.11. The lowest BCUT2D eigenvalue weighted by atomic mass is 9.85. The van der Waals surface area contributed by atoms with E-state index in [1.165, 1.54) is 21.5 Å². The number of hydrogen-bond donors (Lipinski definition) is 0. The predicted molar refractivity (Wildman–Crippen MR) is 257 cm³/mol. The Morgan fingerprint density at radius 3 is 1.52 bits per heavy atom. The van der Waals surface area contributed by atoms with Crippen molar-refractivity contribution in [3.63, 3.8) is 0 Å². The SMILES string of the molecule is Cc1cc(C)cc(-c2nc(-c3cc(C)cc(C)c3)nc(-c3ccccc3-c3cccc(-c4c(C#N)cccc4-c4ccccc4-c4ccc5c(ccc6ccccc65)c4)c3)n2)c1. The molecule has 0 aliphatic carbocycles. The molecular weight excluding hydrogens is 753 g/mol. The summed E-state index contributed by atoms with van der Waals surface area (Å²) >= 11 is 0. The molecule has 0 aliphatic rings. The first kappa shape index (κ1) is 38.2. The maximum atomic E-state index is 10.7. The lowest BCUT2D eigenvalue weighted by molar-refractivity contribution is 1.07. The van der Waals surface area contributed by atoms with Gasteiger partial charge in [-0.05, 0) is 131 Å². The molecule has 294 valence electrons. The molecule has 0 N–H and O–H groups in total. The molecule has 0 bridgehead atoms. The van der Waals surface area contributed by atoms with Gasteiger partial charge in [0.1, 0.15) is 0 Å². The molecule has 4 heteroatoms. The van der Waals surface area contributed by atoms with Crippen molar-refractivity contribution in [1.82, 2.24) is 15.0 Å². The van der Waals surface area contributed by atoms with Gasteiger partial charge < -0.3 is 0 Å². The largest absolute Gasteiger partial charge is 0.208 e. The molecular formula is C58H42N4. The van der Waals surface area contributed by atoms with Crippen molar-refractivity contribution in [1.29, 1.82) is 5.26 Å². The molecule has 0 saturated carbocycles. The summed E-state index contributed by atoms with van der Waals surface area (Å²) in [6.45, 7) is 8.41. The summed E-state index contributed by atoms with van der Waals surface area (Å²) in [6.07, 6.45) is 0. The number of aryl methyl sites for hydroxylation is 4. The summed E-state index contributed by atoms with van der Waals surface area (Å²) in [6, 6.07) is 66.4. The predicted octanol–water partition coefficient (Wildman–Crippen LogP) is 15.0. The van der Waals surface area contributed by atoms with Gasteiger partial charge in [0.15, 0.2) is 17.5 Å². The van der Waals surface area contributed by atoms with E-state index < -0.39 is 0 Å². The van der Waals surface area contributed by atoms with Crippen LogP contribution in [0.3, 0.4) is 0 Å². The minimum absolute atomic E-state index is 0.597. The number of nitrogens with zero attached hydrogens (tertiary/aromatic N) is 4. The Morgan fingerprint density at radius 2 is 0.839 bits per heavy atom. The lowest BCUT2D eigenvalue weighted by Gasteiger charge is -2.17. The Labute approximate surface area is 362 Å². The molecule has 0 saturated heterocycles. The second-order valence-corrected chi connectivity index (χ2v) is 16.3. The fourth-order valence-corrected chi connectivity index (χ4v) is 9.07. The van der Waals surface area contributed by atoms with E-state index in [4.69, 9.17) is 15.0 Å². The second kappa shape index (κ2) is 15.9. The minimum atomic E-state index is 0.597. The molecule has 0 amide bonds. The van der Waals surface area contributed by atoms with E-state index in [9.17, 15) is 5.26 Å². The third-order valence-corrected chi connectivity index (χ3v) is 11.7. The highest BCUT2D eigenvalue weighted by Gasteiger charge is 2.20. The summed E-state index contributed by atoms with van der Waals surface area (Å²) in [7, 11) is 0. The highest BCUT2D eigenvalue weighted by molar-refractivity contribution is 6.09. The van der Waals surface area contributed by atoms with Gasteiger partial charge in [-0.3, -0.25) is 0 Å². The fraction of sp³-hybridized carbons (Fsp3) is 0.0690. The van der Waals surface area contributed by atoms with Crippen LogP contribution < -0.4 is 0 Å². The average Bonchev–Trinajstić information content (AvgIpc) is 3.30. The maximum Gasteiger partial charge on any atom is 0.164 e. The van der Waals surface area contributed by atoms with Crippen molar-refractivity contribution < 1.29 is 0 Å². The van der Waals surface area contributed by atoms with Gasteiger partial charge in [-0.15, -0.1) is 0 Å². The number of nitriles is 1. The summed E-state index contributed by atoms with van der Waals surface area (Å²) in [4.78, 5) is 15.4. The van der Waals surface area contributed by atoms with Crippen molar-refractivity contribution in [3.05, 3.63) is 210 Å². The molecule has 0 aliphatic heterocycles. The quantitative estimate of drug-likeness (QED) is 0.151. The van der Waals surface area contributed by atoms with Crippen molar-refractivity contribution in [2.45, 2.75) is 27.7 Å². The highest BCUT2D eigenvalue weighted by Crippen LogP contribution is 2.42. The number of rotatable bonds is 7. The number of aromatic nitrogens is 3. The third-order valence-electron chi connectivity index (χ3n) is 11.7. The van der Waals surface area contributed by atoms with Gasteiger partial charge in [0.2, 0.25) is 0 Å². The summed E-state index contributed by atoms with van der Waals surface area (Å²) in [5.74, 6) is 1.86. The Kier molecular flexibility index (Phi) is 9.79. The smallest absolute Gasteiger partial charge is 0.164 e. The van der Waals surface area contributed by atoms with E-state index in [1.807, 2.05) is 18.2 Å². The number of benzene rings is 9. The molecule has 1 heterocycles. The van der Waals surface area contributed by atoms with Crippen LogP contribution in [0, 0.1) is 39.0 Å². The summed E-state index contributed by atoms with van der Waals surface area (Å²) in [5, 5.41) is 15.6. The van der Waals surface area contributed by atoms with Crippen molar-refractivity contribution >= 4 is 21.5 Å². The van der Waals surface area contributed by atoms with Crippen molar-refractivity contribution in [2.75, 3.05) is 0 Å². The Morgan fingerprint density at radius 1 is 0.339 bits per heavy atom. The zero-order chi connectivity index (χ0) is 42.3. The summed E-state index contributed by atoms with van der Waals surface area (Å²) < 4.78 is 0.